The number of anilines is 1. The van der Waals surface area contributed by atoms with Gasteiger partial charge in [0.1, 0.15) is 6.33 Å². The quantitative estimate of drug-likeness (QED) is 0.923. The zero-order valence-corrected chi connectivity index (χ0v) is 14.2. The highest BCUT2D eigenvalue weighted by molar-refractivity contribution is 5.95. The molecule has 1 spiro atoms. The zero-order chi connectivity index (χ0) is 16.7. The van der Waals surface area contributed by atoms with E-state index in [2.05, 4.69) is 33.7 Å². The summed E-state index contributed by atoms with van der Waals surface area (Å²) >= 11 is 0. The summed E-state index contributed by atoms with van der Waals surface area (Å²) in [6.45, 7) is 2.72. The molecule has 1 fully saturated rings. The zero-order valence-electron chi connectivity index (χ0n) is 14.2. The van der Waals surface area contributed by atoms with Gasteiger partial charge in [0.05, 0.1) is 6.04 Å². The van der Waals surface area contributed by atoms with E-state index in [1.54, 1.807) is 6.33 Å². The highest BCUT2D eigenvalue weighted by Gasteiger charge is 2.46. The van der Waals surface area contributed by atoms with Crippen LogP contribution in [0, 0.1) is 0 Å². The molecule has 0 unspecified atom stereocenters. The first-order chi connectivity index (χ1) is 11.6. The van der Waals surface area contributed by atoms with E-state index < -0.39 is 0 Å². The van der Waals surface area contributed by atoms with Crippen molar-refractivity contribution >= 4 is 11.7 Å². The van der Waals surface area contributed by atoms with Gasteiger partial charge >= 0.3 is 6.03 Å². The summed E-state index contributed by atoms with van der Waals surface area (Å²) in [4.78, 5) is 14.8. The molecule has 1 aromatic carbocycles. The van der Waals surface area contributed by atoms with Crippen LogP contribution < -0.4 is 10.2 Å². The number of aromatic nitrogens is 3. The predicted molar refractivity (Wildman–Crippen MR) is 91.9 cm³/mol. The molecule has 2 heterocycles. The number of carbonyl (C=O) groups is 1. The standard InChI is InChI=1S/C18H23N5O/c1-13(16-21-19-12-22(16)2)20-17(24)23-11-18(9-5-6-10-18)14-7-3-4-8-15(14)23/h3-4,7-8,12-13H,5-6,9-11H2,1-2H3,(H,20,24)/t13-/m1/s1. The molecule has 0 saturated heterocycles. The largest absolute Gasteiger partial charge is 0.328 e. The van der Waals surface area contributed by atoms with Crippen LogP contribution in [0.25, 0.3) is 0 Å². The Labute approximate surface area is 141 Å². The summed E-state index contributed by atoms with van der Waals surface area (Å²) < 4.78 is 1.83. The van der Waals surface area contributed by atoms with Crippen LogP contribution >= 0.6 is 0 Å². The number of hydrogen-bond donors (Lipinski definition) is 1. The molecular weight excluding hydrogens is 302 g/mol. The highest BCUT2D eigenvalue weighted by Crippen LogP contribution is 2.50. The molecule has 0 radical (unpaired) electrons. The van der Waals surface area contributed by atoms with E-state index in [9.17, 15) is 4.79 Å². The molecule has 2 aliphatic rings. The van der Waals surface area contributed by atoms with Gasteiger partial charge in [-0.05, 0) is 31.4 Å². The number of benzene rings is 1. The first-order valence-electron chi connectivity index (χ1n) is 8.62. The number of nitrogens with one attached hydrogen (secondary N) is 1. The number of rotatable bonds is 2. The van der Waals surface area contributed by atoms with Crippen LogP contribution in [0.1, 0.15) is 50.0 Å². The lowest BCUT2D eigenvalue weighted by molar-refractivity contribution is 0.242. The second-order valence-electron chi connectivity index (χ2n) is 7.06. The van der Waals surface area contributed by atoms with Gasteiger partial charge in [0, 0.05) is 24.7 Å². The number of urea groups is 1. The van der Waals surface area contributed by atoms with Crippen LogP contribution in [0.15, 0.2) is 30.6 Å². The molecule has 1 aromatic heterocycles. The second kappa shape index (κ2) is 5.61. The Morgan fingerprint density at radius 2 is 2.04 bits per heavy atom. The maximum atomic E-state index is 12.9. The first kappa shape index (κ1) is 15.2. The molecule has 4 rings (SSSR count). The van der Waals surface area contributed by atoms with Gasteiger partial charge in [-0.15, -0.1) is 10.2 Å². The Bertz CT molecular complexity index is 762. The molecule has 24 heavy (non-hydrogen) atoms. The molecule has 1 N–H and O–H groups in total. The number of fused-ring (bicyclic) bond motifs is 2. The highest BCUT2D eigenvalue weighted by atomic mass is 16.2. The minimum atomic E-state index is -0.183. The lowest BCUT2D eigenvalue weighted by Crippen LogP contribution is -2.43. The third kappa shape index (κ3) is 2.28. The third-order valence-corrected chi connectivity index (χ3v) is 5.51. The van der Waals surface area contributed by atoms with E-state index in [1.807, 2.05) is 29.5 Å². The van der Waals surface area contributed by atoms with Gasteiger partial charge in [-0.25, -0.2) is 4.79 Å². The minimum absolute atomic E-state index is 0.0540. The SMILES string of the molecule is C[C@@H](NC(=O)N1CC2(CCCC2)c2ccccc21)c1nncn1C. The van der Waals surface area contributed by atoms with E-state index >= 15 is 0 Å². The number of hydrogen-bond acceptors (Lipinski definition) is 3. The molecule has 6 heteroatoms. The van der Waals surface area contributed by atoms with Gasteiger partial charge in [0.15, 0.2) is 5.82 Å². The van der Waals surface area contributed by atoms with Crippen LogP contribution in [-0.2, 0) is 12.5 Å². The third-order valence-electron chi connectivity index (χ3n) is 5.51. The van der Waals surface area contributed by atoms with Crippen LogP contribution in [-0.4, -0.2) is 27.3 Å². The molecule has 1 aliphatic carbocycles. The molecule has 0 bridgehead atoms. The smallest absolute Gasteiger partial charge is 0.322 e. The minimum Gasteiger partial charge on any atom is -0.328 e. The summed E-state index contributed by atoms with van der Waals surface area (Å²) in [6, 6.07) is 8.12. The lowest BCUT2D eigenvalue weighted by Gasteiger charge is -2.25. The Balaban J connectivity index is 1.58. The Morgan fingerprint density at radius 3 is 2.75 bits per heavy atom. The van der Waals surface area contributed by atoms with Gasteiger partial charge in [-0.1, -0.05) is 31.0 Å². The van der Waals surface area contributed by atoms with Crippen molar-refractivity contribution in [3.05, 3.63) is 42.0 Å². The molecular formula is C18H23N5O. The van der Waals surface area contributed by atoms with E-state index in [0.717, 1.165) is 18.1 Å². The van der Waals surface area contributed by atoms with Crippen LogP contribution in [0.3, 0.4) is 0 Å². The topological polar surface area (TPSA) is 63.1 Å². The van der Waals surface area contributed by atoms with E-state index in [4.69, 9.17) is 0 Å². The fourth-order valence-corrected chi connectivity index (χ4v) is 4.30. The van der Waals surface area contributed by atoms with Gasteiger partial charge in [-0.2, -0.15) is 0 Å². The second-order valence-corrected chi connectivity index (χ2v) is 7.06. The summed E-state index contributed by atoms with van der Waals surface area (Å²) in [7, 11) is 1.89. The summed E-state index contributed by atoms with van der Waals surface area (Å²) in [5, 5.41) is 11.1. The fraction of sp³-hybridized carbons (Fsp3) is 0.500. The van der Waals surface area contributed by atoms with Crippen molar-refractivity contribution in [2.75, 3.05) is 11.4 Å². The van der Waals surface area contributed by atoms with Crippen LogP contribution in [0.5, 0.6) is 0 Å². The molecule has 6 nitrogen and oxygen atoms in total. The van der Waals surface area contributed by atoms with E-state index in [0.29, 0.717) is 0 Å². The normalized spacial score (nSPS) is 19.5. The number of nitrogens with zero attached hydrogens (tertiary/aromatic N) is 4. The number of amides is 2. The van der Waals surface area contributed by atoms with Crippen molar-refractivity contribution in [1.82, 2.24) is 20.1 Å². The van der Waals surface area contributed by atoms with Crippen molar-refractivity contribution in [2.45, 2.75) is 44.1 Å². The summed E-state index contributed by atoms with van der Waals surface area (Å²) in [5.41, 5.74) is 2.55. The van der Waals surface area contributed by atoms with E-state index in [1.165, 1.54) is 31.2 Å². The van der Waals surface area contributed by atoms with Gasteiger partial charge in [-0.3, -0.25) is 4.90 Å². The van der Waals surface area contributed by atoms with Gasteiger partial charge in [0.2, 0.25) is 0 Å². The molecule has 2 aromatic rings. The van der Waals surface area contributed by atoms with Crippen molar-refractivity contribution in [2.24, 2.45) is 7.05 Å². The average molecular weight is 325 g/mol. The van der Waals surface area contributed by atoms with Crippen molar-refractivity contribution in [3.63, 3.8) is 0 Å². The number of para-hydroxylation sites is 1. The average Bonchev–Trinajstić information content (AvgIpc) is 3.29. The van der Waals surface area contributed by atoms with Crippen LogP contribution in [0.2, 0.25) is 0 Å². The van der Waals surface area contributed by atoms with E-state index in [-0.39, 0.29) is 17.5 Å². The van der Waals surface area contributed by atoms with Crippen molar-refractivity contribution in [3.8, 4) is 0 Å². The fourth-order valence-electron chi connectivity index (χ4n) is 4.30. The maximum absolute atomic E-state index is 12.9. The van der Waals surface area contributed by atoms with Gasteiger partial charge < -0.3 is 9.88 Å². The lowest BCUT2D eigenvalue weighted by atomic mass is 9.81. The van der Waals surface area contributed by atoms with Crippen molar-refractivity contribution < 1.29 is 4.79 Å². The Morgan fingerprint density at radius 1 is 1.29 bits per heavy atom. The Hall–Kier alpha value is -2.37. The first-order valence-corrected chi connectivity index (χ1v) is 8.62. The summed E-state index contributed by atoms with van der Waals surface area (Å²) in [5.74, 6) is 0.756. The monoisotopic (exact) mass is 325 g/mol. The maximum Gasteiger partial charge on any atom is 0.322 e. The van der Waals surface area contributed by atoms with Crippen molar-refractivity contribution in [1.29, 1.82) is 0 Å². The number of aryl methyl sites for hydroxylation is 1. The molecule has 1 aliphatic heterocycles. The molecule has 126 valence electrons. The molecule has 1 saturated carbocycles. The predicted octanol–water partition coefficient (Wildman–Crippen LogP) is 2.92. The molecule has 2 amide bonds. The molecule has 1 atom stereocenters. The van der Waals surface area contributed by atoms with Gasteiger partial charge in [0.25, 0.3) is 0 Å². The number of carbonyl (C=O) groups excluding carboxylic acids is 1. The van der Waals surface area contributed by atoms with Crippen LogP contribution in [0.4, 0.5) is 10.5 Å². The summed E-state index contributed by atoms with van der Waals surface area (Å²) in [6.07, 6.45) is 6.49. The Kier molecular flexibility index (Phi) is 3.55.